The highest BCUT2D eigenvalue weighted by atomic mass is 15.3. The molecule has 2 N–H and O–H groups in total. The van der Waals surface area contributed by atoms with Gasteiger partial charge < -0.3 is 5.73 Å². The molecular weight excluding hydrogens is 250 g/mol. The van der Waals surface area contributed by atoms with Crippen molar-refractivity contribution in [2.45, 2.75) is 27.2 Å². The summed E-state index contributed by atoms with van der Waals surface area (Å²) in [5.41, 5.74) is 7.29. The summed E-state index contributed by atoms with van der Waals surface area (Å²) in [5.74, 6) is 0.901. The summed E-state index contributed by atoms with van der Waals surface area (Å²) in [5, 5.41) is 16.4. The molecule has 1 heterocycles. The fourth-order valence-corrected chi connectivity index (χ4v) is 2.00. The Morgan fingerprint density at radius 1 is 1.30 bits per heavy atom. The molecule has 1 unspecified atom stereocenters. The van der Waals surface area contributed by atoms with Crippen LogP contribution in [0.5, 0.6) is 0 Å². The SMILES string of the molecule is C/C=C\C=C(/N)c1nnc(C2=CC=CC2(C)CC)nn1. The first-order valence-electron chi connectivity index (χ1n) is 6.67. The van der Waals surface area contributed by atoms with Gasteiger partial charge >= 0.3 is 0 Å². The van der Waals surface area contributed by atoms with E-state index in [1.807, 2.05) is 31.2 Å². The van der Waals surface area contributed by atoms with Crippen LogP contribution < -0.4 is 5.73 Å². The molecule has 1 atom stereocenters. The predicted molar refractivity (Wildman–Crippen MR) is 80.1 cm³/mol. The standard InChI is InChI=1S/C15H19N5/c1-4-6-9-12(16)14-19-17-13(18-20-14)11-8-7-10-15(11,3)5-2/h4,6-10H,5,16H2,1-3H3/b6-4-,12-9-. The van der Waals surface area contributed by atoms with Gasteiger partial charge in [-0.15, -0.1) is 20.4 Å². The number of aromatic nitrogens is 4. The monoisotopic (exact) mass is 269 g/mol. The molecule has 1 aromatic heterocycles. The Balaban J connectivity index is 2.26. The molecule has 0 saturated heterocycles. The Kier molecular flexibility index (Phi) is 4.08. The molecule has 0 fully saturated rings. The van der Waals surface area contributed by atoms with E-state index in [1.54, 1.807) is 6.08 Å². The number of nitrogens with two attached hydrogens (primary N) is 1. The third kappa shape index (κ3) is 2.66. The minimum absolute atomic E-state index is 0.0444. The lowest BCUT2D eigenvalue weighted by atomic mass is 9.82. The number of hydrogen-bond acceptors (Lipinski definition) is 5. The van der Waals surface area contributed by atoms with Gasteiger partial charge in [0.1, 0.15) is 0 Å². The van der Waals surface area contributed by atoms with Gasteiger partial charge in [0.2, 0.25) is 11.6 Å². The molecule has 104 valence electrons. The van der Waals surface area contributed by atoms with Crippen LogP contribution in [0.25, 0.3) is 11.3 Å². The second-order valence-corrected chi connectivity index (χ2v) is 4.91. The smallest absolute Gasteiger partial charge is 0.219 e. The van der Waals surface area contributed by atoms with Crippen LogP contribution in [0.2, 0.25) is 0 Å². The number of allylic oxidation sites excluding steroid dienone is 7. The number of hydrogen-bond donors (Lipinski definition) is 1. The molecule has 1 aliphatic rings. The number of rotatable bonds is 4. The van der Waals surface area contributed by atoms with E-state index >= 15 is 0 Å². The van der Waals surface area contributed by atoms with Gasteiger partial charge in [0, 0.05) is 11.0 Å². The van der Waals surface area contributed by atoms with Gasteiger partial charge in [-0.3, -0.25) is 0 Å². The molecule has 0 spiro atoms. The third-order valence-corrected chi connectivity index (χ3v) is 3.52. The molecule has 0 amide bonds. The van der Waals surface area contributed by atoms with Gasteiger partial charge in [0.05, 0.1) is 5.70 Å². The zero-order valence-corrected chi connectivity index (χ0v) is 12.0. The zero-order chi connectivity index (χ0) is 14.6. The Labute approximate surface area is 119 Å². The van der Waals surface area contributed by atoms with Crippen LogP contribution in [0.4, 0.5) is 0 Å². The fraction of sp³-hybridized carbons (Fsp3) is 0.333. The Morgan fingerprint density at radius 3 is 2.60 bits per heavy atom. The highest BCUT2D eigenvalue weighted by Gasteiger charge is 2.30. The van der Waals surface area contributed by atoms with E-state index in [0.717, 1.165) is 12.0 Å². The van der Waals surface area contributed by atoms with Crippen LogP contribution in [-0.4, -0.2) is 20.4 Å². The van der Waals surface area contributed by atoms with Crippen LogP contribution in [0.15, 0.2) is 36.5 Å². The summed E-state index contributed by atoms with van der Waals surface area (Å²) in [6, 6.07) is 0. The first kappa shape index (κ1) is 14.1. The molecule has 5 nitrogen and oxygen atoms in total. The fourth-order valence-electron chi connectivity index (χ4n) is 2.00. The van der Waals surface area contributed by atoms with Gasteiger partial charge in [-0.05, 0) is 19.4 Å². The molecule has 1 aliphatic carbocycles. The summed E-state index contributed by atoms with van der Waals surface area (Å²) < 4.78 is 0. The molecule has 0 aromatic carbocycles. The topological polar surface area (TPSA) is 77.6 Å². The van der Waals surface area contributed by atoms with Crippen molar-refractivity contribution in [3.05, 3.63) is 48.1 Å². The quantitative estimate of drug-likeness (QED) is 0.850. The van der Waals surface area contributed by atoms with Crippen molar-refractivity contribution in [3.8, 4) is 0 Å². The van der Waals surface area contributed by atoms with Gasteiger partial charge in [0.15, 0.2) is 0 Å². The highest BCUT2D eigenvalue weighted by molar-refractivity contribution is 5.71. The van der Waals surface area contributed by atoms with Crippen LogP contribution in [-0.2, 0) is 0 Å². The van der Waals surface area contributed by atoms with E-state index in [2.05, 4.69) is 40.3 Å². The minimum atomic E-state index is -0.0444. The summed E-state index contributed by atoms with van der Waals surface area (Å²) >= 11 is 0. The van der Waals surface area contributed by atoms with Crippen molar-refractivity contribution in [2.24, 2.45) is 11.1 Å². The molecule has 0 saturated carbocycles. The summed E-state index contributed by atoms with van der Waals surface area (Å²) in [6.45, 7) is 6.20. The summed E-state index contributed by atoms with van der Waals surface area (Å²) in [7, 11) is 0. The second-order valence-electron chi connectivity index (χ2n) is 4.91. The van der Waals surface area contributed by atoms with Crippen LogP contribution in [0.1, 0.15) is 38.8 Å². The molecule has 0 radical (unpaired) electrons. The average Bonchev–Trinajstić information content (AvgIpc) is 2.87. The van der Waals surface area contributed by atoms with Crippen LogP contribution in [0, 0.1) is 5.41 Å². The Hall–Kier alpha value is -2.30. The Morgan fingerprint density at radius 2 is 2.00 bits per heavy atom. The van der Waals surface area contributed by atoms with Gasteiger partial charge in [-0.25, -0.2) is 0 Å². The normalized spacial score (nSPS) is 22.6. The van der Waals surface area contributed by atoms with Gasteiger partial charge in [-0.2, -0.15) is 0 Å². The van der Waals surface area contributed by atoms with Crippen molar-refractivity contribution in [1.82, 2.24) is 20.4 Å². The lowest BCUT2D eigenvalue weighted by Gasteiger charge is -2.22. The van der Waals surface area contributed by atoms with Crippen molar-refractivity contribution >= 4 is 11.3 Å². The first-order valence-corrected chi connectivity index (χ1v) is 6.67. The van der Waals surface area contributed by atoms with E-state index in [0.29, 0.717) is 17.3 Å². The summed E-state index contributed by atoms with van der Waals surface area (Å²) in [6.07, 6.45) is 12.6. The molecular formula is C15H19N5. The third-order valence-electron chi connectivity index (χ3n) is 3.52. The average molecular weight is 269 g/mol. The second kappa shape index (κ2) is 5.77. The van der Waals surface area contributed by atoms with Crippen molar-refractivity contribution < 1.29 is 0 Å². The van der Waals surface area contributed by atoms with Crippen molar-refractivity contribution in [1.29, 1.82) is 0 Å². The van der Waals surface area contributed by atoms with E-state index in [4.69, 9.17) is 5.73 Å². The van der Waals surface area contributed by atoms with Gasteiger partial charge in [0.25, 0.3) is 0 Å². The van der Waals surface area contributed by atoms with Crippen molar-refractivity contribution in [3.63, 3.8) is 0 Å². The van der Waals surface area contributed by atoms with Crippen molar-refractivity contribution in [2.75, 3.05) is 0 Å². The molecule has 1 aromatic rings. The predicted octanol–water partition coefficient (Wildman–Crippen LogP) is 2.51. The van der Waals surface area contributed by atoms with Gasteiger partial charge in [-0.1, -0.05) is 44.2 Å². The van der Waals surface area contributed by atoms with E-state index in [-0.39, 0.29) is 5.41 Å². The number of nitrogens with zero attached hydrogens (tertiary/aromatic N) is 4. The highest BCUT2D eigenvalue weighted by Crippen LogP contribution is 2.41. The largest absolute Gasteiger partial charge is 0.396 e. The van der Waals surface area contributed by atoms with E-state index < -0.39 is 0 Å². The Bertz CT molecular complexity index is 595. The molecule has 2 rings (SSSR count). The lowest BCUT2D eigenvalue weighted by molar-refractivity contribution is 0.549. The maximum absolute atomic E-state index is 5.84. The van der Waals surface area contributed by atoms with E-state index in [9.17, 15) is 0 Å². The molecule has 0 aliphatic heterocycles. The maximum Gasteiger partial charge on any atom is 0.219 e. The van der Waals surface area contributed by atoms with Crippen LogP contribution >= 0.6 is 0 Å². The first-order chi connectivity index (χ1) is 9.60. The lowest BCUT2D eigenvalue weighted by Crippen LogP contribution is -2.16. The molecule has 20 heavy (non-hydrogen) atoms. The minimum Gasteiger partial charge on any atom is -0.396 e. The zero-order valence-electron chi connectivity index (χ0n) is 12.0. The molecule has 5 heteroatoms. The molecule has 0 bridgehead atoms. The van der Waals surface area contributed by atoms with Crippen LogP contribution in [0.3, 0.4) is 0 Å². The summed E-state index contributed by atoms with van der Waals surface area (Å²) in [4.78, 5) is 0. The maximum atomic E-state index is 5.84. The van der Waals surface area contributed by atoms with E-state index in [1.165, 1.54) is 0 Å².